The van der Waals surface area contributed by atoms with E-state index in [1.54, 1.807) is 35.4 Å². The highest BCUT2D eigenvalue weighted by Crippen LogP contribution is 2.27. The SMILES string of the molecule is CC(C)COC(=O)C(Cn1ccnc1)NC(=O)c1nc2c(Cl)cccc2s1. The lowest BCUT2D eigenvalue weighted by molar-refractivity contribution is -0.147. The van der Waals surface area contributed by atoms with Crippen LogP contribution in [0.2, 0.25) is 5.02 Å². The van der Waals surface area contributed by atoms with Crippen LogP contribution in [0.15, 0.2) is 36.9 Å². The highest BCUT2D eigenvalue weighted by molar-refractivity contribution is 7.20. The van der Waals surface area contributed by atoms with Gasteiger partial charge in [-0.1, -0.05) is 31.5 Å². The summed E-state index contributed by atoms with van der Waals surface area (Å²) < 4.78 is 7.82. The Labute approximate surface area is 165 Å². The van der Waals surface area contributed by atoms with Crippen LogP contribution in [0.5, 0.6) is 0 Å². The monoisotopic (exact) mass is 406 g/mol. The molecule has 1 N–H and O–H groups in total. The molecule has 7 nitrogen and oxygen atoms in total. The summed E-state index contributed by atoms with van der Waals surface area (Å²) in [6.07, 6.45) is 4.90. The maximum absolute atomic E-state index is 12.7. The van der Waals surface area contributed by atoms with Crippen molar-refractivity contribution >= 4 is 45.0 Å². The van der Waals surface area contributed by atoms with E-state index in [0.717, 1.165) is 4.70 Å². The first-order valence-electron chi connectivity index (χ1n) is 8.42. The summed E-state index contributed by atoms with van der Waals surface area (Å²) >= 11 is 7.35. The van der Waals surface area contributed by atoms with Crippen LogP contribution in [0.4, 0.5) is 0 Å². The van der Waals surface area contributed by atoms with Gasteiger partial charge in [0.15, 0.2) is 5.01 Å². The van der Waals surface area contributed by atoms with Crippen molar-refractivity contribution in [2.45, 2.75) is 26.4 Å². The maximum Gasteiger partial charge on any atom is 0.330 e. The van der Waals surface area contributed by atoms with Gasteiger partial charge in [-0.3, -0.25) is 4.79 Å². The average molecular weight is 407 g/mol. The van der Waals surface area contributed by atoms with Crippen molar-refractivity contribution in [3.8, 4) is 0 Å². The quantitative estimate of drug-likeness (QED) is 0.609. The molecule has 3 rings (SSSR count). The molecule has 0 aliphatic rings. The van der Waals surface area contributed by atoms with Gasteiger partial charge in [-0.25, -0.2) is 14.8 Å². The predicted octanol–water partition coefficient (Wildman–Crippen LogP) is 3.14. The Morgan fingerprint density at radius 3 is 2.85 bits per heavy atom. The van der Waals surface area contributed by atoms with Crippen LogP contribution in [-0.2, 0) is 16.1 Å². The van der Waals surface area contributed by atoms with E-state index in [1.807, 2.05) is 19.9 Å². The lowest BCUT2D eigenvalue weighted by Gasteiger charge is -2.18. The Balaban J connectivity index is 1.77. The van der Waals surface area contributed by atoms with Crippen molar-refractivity contribution in [3.05, 3.63) is 47.0 Å². The third-order valence-corrected chi connectivity index (χ3v) is 4.99. The van der Waals surface area contributed by atoms with E-state index in [9.17, 15) is 9.59 Å². The lowest BCUT2D eigenvalue weighted by atomic mass is 10.2. The second-order valence-corrected chi connectivity index (χ2v) is 7.85. The highest BCUT2D eigenvalue weighted by atomic mass is 35.5. The average Bonchev–Trinajstić information content (AvgIpc) is 3.29. The molecule has 1 atom stereocenters. The molecular formula is C18H19ClN4O3S. The number of carbonyl (C=O) groups is 2. The smallest absolute Gasteiger partial charge is 0.330 e. The molecule has 0 aliphatic carbocycles. The van der Waals surface area contributed by atoms with Crippen molar-refractivity contribution in [2.75, 3.05) is 6.61 Å². The van der Waals surface area contributed by atoms with Crippen molar-refractivity contribution < 1.29 is 14.3 Å². The van der Waals surface area contributed by atoms with Crippen LogP contribution < -0.4 is 5.32 Å². The number of para-hydroxylation sites is 1. The van der Waals surface area contributed by atoms with Gasteiger partial charge in [0, 0.05) is 12.4 Å². The molecule has 0 radical (unpaired) electrons. The molecule has 9 heteroatoms. The van der Waals surface area contributed by atoms with Crippen molar-refractivity contribution in [1.82, 2.24) is 19.9 Å². The topological polar surface area (TPSA) is 86.1 Å². The molecule has 27 heavy (non-hydrogen) atoms. The summed E-state index contributed by atoms with van der Waals surface area (Å²) in [6, 6.07) is 4.51. The van der Waals surface area contributed by atoms with E-state index in [0.29, 0.717) is 10.5 Å². The normalized spacial score (nSPS) is 12.3. The molecule has 0 bridgehead atoms. The zero-order valence-corrected chi connectivity index (χ0v) is 16.5. The van der Waals surface area contributed by atoms with E-state index >= 15 is 0 Å². The number of nitrogens with zero attached hydrogens (tertiary/aromatic N) is 3. The minimum absolute atomic E-state index is 0.199. The van der Waals surface area contributed by atoms with E-state index in [2.05, 4.69) is 15.3 Å². The van der Waals surface area contributed by atoms with Gasteiger partial charge in [0.1, 0.15) is 11.6 Å². The second-order valence-electron chi connectivity index (χ2n) is 6.42. The number of hydrogen-bond acceptors (Lipinski definition) is 6. The third-order valence-electron chi connectivity index (χ3n) is 3.67. The molecule has 2 aromatic heterocycles. The molecular weight excluding hydrogens is 388 g/mol. The van der Waals surface area contributed by atoms with Crippen molar-refractivity contribution in [2.24, 2.45) is 5.92 Å². The molecule has 0 aliphatic heterocycles. The fourth-order valence-electron chi connectivity index (χ4n) is 2.37. The summed E-state index contributed by atoms with van der Waals surface area (Å²) in [4.78, 5) is 33.4. The zero-order valence-electron chi connectivity index (χ0n) is 14.9. The Kier molecular flexibility index (Phi) is 6.08. The number of benzene rings is 1. The van der Waals surface area contributed by atoms with Gasteiger partial charge >= 0.3 is 5.97 Å². The first kappa shape index (κ1) is 19.3. The summed E-state index contributed by atoms with van der Waals surface area (Å²) in [5.41, 5.74) is 0.572. The van der Waals surface area contributed by atoms with E-state index in [4.69, 9.17) is 16.3 Å². The molecule has 0 spiro atoms. The zero-order chi connectivity index (χ0) is 19.4. The van der Waals surface area contributed by atoms with Gasteiger partial charge in [-0.15, -0.1) is 11.3 Å². The van der Waals surface area contributed by atoms with Crippen LogP contribution in [0.25, 0.3) is 10.2 Å². The molecule has 142 valence electrons. The molecule has 3 aromatic rings. The minimum atomic E-state index is -0.854. The summed E-state index contributed by atoms with van der Waals surface area (Å²) in [6.45, 7) is 4.39. The fraction of sp³-hybridized carbons (Fsp3) is 0.333. The number of imidazole rings is 1. The van der Waals surface area contributed by atoms with Gasteiger partial charge in [0.2, 0.25) is 0 Å². The number of thiazole rings is 1. The molecule has 2 heterocycles. The summed E-state index contributed by atoms with van der Waals surface area (Å²) in [7, 11) is 0. The van der Waals surface area contributed by atoms with Crippen LogP contribution in [0, 0.1) is 5.92 Å². The lowest BCUT2D eigenvalue weighted by Crippen LogP contribution is -2.44. The molecule has 0 fully saturated rings. The number of esters is 1. The van der Waals surface area contributed by atoms with Crippen LogP contribution >= 0.6 is 22.9 Å². The van der Waals surface area contributed by atoms with E-state index < -0.39 is 17.9 Å². The predicted molar refractivity (Wildman–Crippen MR) is 104 cm³/mol. The number of amides is 1. The third kappa shape index (κ3) is 4.84. The van der Waals surface area contributed by atoms with Crippen molar-refractivity contribution in [3.63, 3.8) is 0 Å². The Morgan fingerprint density at radius 2 is 2.19 bits per heavy atom. The first-order chi connectivity index (χ1) is 12.9. The van der Waals surface area contributed by atoms with E-state index in [1.165, 1.54) is 11.3 Å². The van der Waals surface area contributed by atoms with Crippen LogP contribution in [-0.4, -0.2) is 39.1 Å². The van der Waals surface area contributed by atoms with Crippen molar-refractivity contribution in [1.29, 1.82) is 0 Å². The number of halogens is 1. The number of hydrogen-bond donors (Lipinski definition) is 1. The van der Waals surface area contributed by atoms with Gasteiger partial charge < -0.3 is 14.6 Å². The van der Waals surface area contributed by atoms with Gasteiger partial charge in [-0.05, 0) is 18.1 Å². The van der Waals surface area contributed by atoms with Gasteiger partial charge in [-0.2, -0.15) is 0 Å². The fourth-order valence-corrected chi connectivity index (χ4v) is 3.53. The standard InChI is InChI=1S/C18H19ClN4O3S/c1-11(2)9-26-18(25)13(8-23-7-6-20-10-23)21-16(24)17-22-15-12(19)4-3-5-14(15)27-17/h3-7,10-11,13H,8-9H2,1-2H3,(H,21,24). The highest BCUT2D eigenvalue weighted by Gasteiger charge is 2.25. The Hall–Kier alpha value is -2.45. The Morgan fingerprint density at radius 1 is 1.37 bits per heavy atom. The number of rotatable bonds is 7. The van der Waals surface area contributed by atoms with E-state index in [-0.39, 0.29) is 24.1 Å². The minimum Gasteiger partial charge on any atom is -0.464 e. The first-order valence-corrected chi connectivity index (χ1v) is 9.61. The van der Waals surface area contributed by atoms with Crippen LogP contribution in [0.3, 0.4) is 0 Å². The molecule has 1 aromatic carbocycles. The summed E-state index contributed by atoms with van der Waals surface area (Å²) in [5.74, 6) is -0.742. The molecule has 1 unspecified atom stereocenters. The van der Waals surface area contributed by atoms with Gasteiger partial charge in [0.25, 0.3) is 5.91 Å². The molecule has 1 amide bonds. The van der Waals surface area contributed by atoms with Crippen LogP contribution in [0.1, 0.15) is 23.6 Å². The Bertz CT molecular complexity index is 939. The molecule has 0 saturated carbocycles. The second kappa shape index (κ2) is 8.49. The number of carbonyl (C=O) groups excluding carboxylic acids is 2. The maximum atomic E-state index is 12.7. The number of aromatic nitrogens is 3. The number of fused-ring (bicyclic) bond motifs is 1. The number of ether oxygens (including phenoxy) is 1. The largest absolute Gasteiger partial charge is 0.464 e. The summed E-state index contributed by atoms with van der Waals surface area (Å²) in [5, 5.41) is 3.44. The van der Waals surface area contributed by atoms with Gasteiger partial charge in [0.05, 0.1) is 29.2 Å². The molecule has 0 saturated heterocycles. The number of nitrogens with one attached hydrogen (secondary N) is 1.